The van der Waals surface area contributed by atoms with Gasteiger partial charge in [-0.25, -0.2) is 13.2 Å². The Labute approximate surface area is 208 Å². The van der Waals surface area contributed by atoms with Crippen molar-refractivity contribution in [1.29, 1.82) is 0 Å². The first-order valence-corrected chi connectivity index (χ1v) is 12.3. The molecule has 36 heavy (non-hydrogen) atoms. The number of rotatable bonds is 6. The molecule has 1 saturated heterocycles. The fraction of sp³-hybridized carbons (Fsp3) is 0.300. The van der Waals surface area contributed by atoms with E-state index < -0.39 is 23.4 Å². The monoisotopic (exact) mass is 492 g/mol. The quantitative estimate of drug-likeness (QED) is 0.201. The Bertz CT molecular complexity index is 1290. The summed E-state index contributed by atoms with van der Waals surface area (Å²) in [6.45, 7) is 2.42. The molecule has 5 rings (SSSR count). The highest BCUT2D eigenvalue weighted by Crippen LogP contribution is 2.40. The number of hydrogen-bond donors (Lipinski definition) is 0. The Morgan fingerprint density at radius 3 is 2.25 bits per heavy atom. The van der Waals surface area contributed by atoms with E-state index in [2.05, 4.69) is 0 Å². The second-order valence-electron chi connectivity index (χ2n) is 9.43. The van der Waals surface area contributed by atoms with Gasteiger partial charge in [0.05, 0.1) is 12.5 Å². The molecule has 1 atom stereocenters. The van der Waals surface area contributed by atoms with Crippen LogP contribution in [0.15, 0.2) is 60.7 Å². The number of halogens is 3. The molecule has 3 nitrogen and oxygen atoms in total. The molecule has 186 valence electrons. The van der Waals surface area contributed by atoms with Crippen molar-refractivity contribution in [2.75, 3.05) is 6.61 Å². The molecule has 2 aliphatic rings. The number of allylic oxidation sites excluding steroid dienone is 1. The maximum atomic E-state index is 15.1. The van der Waals surface area contributed by atoms with Crippen molar-refractivity contribution in [3.8, 4) is 16.9 Å². The second-order valence-corrected chi connectivity index (χ2v) is 9.43. The molecule has 0 aromatic heterocycles. The summed E-state index contributed by atoms with van der Waals surface area (Å²) in [6.07, 6.45) is 5.71. The van der Waals surface area contributed by atoms with Gasteiger partial charge in [-0.3, -0.25) is 4.79 Å². The van der Waals surface area contributed by atoms with Crippen LogP contribution >= 0.6 is 0 Å². The lowest BCUT2D eigenvalue weighted by Crippen LogP contribution is -2.25. The van der Waals surface area contributed by atoms with Crippen LogP contribution in [0.5, 0.6) is 5.75 Å². The SMILES string of the molecule is C/C=C/c1ccc(-c2ccc(C3CCC(C(=O)Oc4ccc(C5CO5)c(F)c4)CC3)c(F)c2F)cc1. The van der Waals surface area contributed by atoms with Gasteiger partial charge in [0.1, 0.15) is 17.7 Å². The van der Waals surface area contributed by atoms with Gasteiger partial charge in [0, 0.05) is 17.2 Å². The maximum absolute atomic E-state index is 15.1. The van der Waals surface area contributed by atoms with Crippen LogP contribution in [-0.4, -0.2) is 12.6 Å². The topological polar surface area (TPSA) is 38.8 Å². The Morgan fingerprint density at radius 2 is 1.61 bits per heavy atom. The summed E-state index contributed by atoms with van der Waals surface area (Å²) in [5, 5.41) is 0. The first-order valence-electron chi connectivity index (χ1n) is 12.3. The van der Waals surface area contributed by atoms with Crippen LogP contribution < -0.4 is 4.74 Å². The summed E-state index contributed by atoms with van der Waals surface area (Å²) in [5.41, 5.74) is 2.64. The zero-order valence-electron chi connectivity index (χ0n) is 20.0. The van der Waals surface area contributed by atoms with Crippen molar-refractivity contribution < 1.29 is 27.4 Å². The van der Waals surface area contributed by atoms with Crippen molar-refractivity contribution in [3.63, 3.8) is 0 Å². The molecule has 3 aromatic rings. The van der Waals surface area contributed by atoms with E-state index in [1.807, 2.05) is 31.2 Å². The van der Waals surface area contributed by atoms with Gasteiger partial charge in [-0.05, 0) is 67.3 Å². The molecule has 1 saturated carbocycles. The minimum atomic E-state index is -0.852. The number of carbonyl (C=O) groups is 1. The second kappa shape index (κ2) is 10.3. The van der Waals surface area contributed by atoms with Gasteiger partial charge in [0.15, 0.2) is 11.6 Å². The van der Waals surface area contributed by atoms with Gasteiger partial charge in [0.2, 0.25) is 0 Å². The third-order valence-electron chi connectivity index (χ3n) is 7.06. The standard InChI is InChI=1S/C30H27F3O3/c1-2-3-18-4-6-19(7-5-18)23-14-15-24(29(33)28(23)32)20-8-10-21(11-9-20)30(34)36-22-12-13-25(26(31)16-22)27-17-35-27/h2-7,12-16,20-21,27H,8-11,17H2,1H3/b3-2+. The van der Waals surface area contributed by atoms with E-state index in [0.29, 0.717) is 49.0 Å². The van der Waals surface area contributed by atoms with Crippen molar-refractivity contribution in [1.82, 2.24) is 0 Å². The predicted octanol–water partition coefficient (Wildman–Crippen LogP) is 7.75. The summed E-state index contributed by atoms with van der Waals surface area (Å²) >= 11 is 0. The molecule has 1 heterocycles. The minimum absolute atomic E-state index is 0.159. The summed E-state index contributed by atoms with van der Waals surface area (Å²) < 4.78 is 54.8. The van der Waals surface area contributed by atoms with E-state index in [0.717, 1.165) is 5.56 Å². The molecule has 0 amide bonds. The number of benzene rings is 3. The maximum Gasteiger partial charge on any atom is 0.314 e. The molecule has 3 aromatic carbocycles. The van der Waals surface area contributed by atoms with Crippen LogP contribution in [-0.2, 0) is 9.53 Å². The molecule has 0 spiro atoms. The van der Waals surface area contributed by atoms with Crippen molar-refractivity contribution >= 4 is 12.0 Å². The molecular formula is C30H27F3O3. The number of ether oxygens (including phenoxy) is 2. The lowest BCUT2D eigenvalue weighted by atomic mass is 9.78. The van der Waals surface area contributed by atoms with Gasteiger partial charge in [-0.2, -0.15) is 0 Å². The zero-order valence-corrected chi connectivity index (χ0v) is 20.0. The molecule has 1 aliphatic carbocycles. The van der Waals surface area contributed by atoms with Crippen LogP contribution in [0.1, 0.15) is 61.3 Å². The molecule has 0 radical (unpaired) electrons. The summed E-state index contributed by atoms with van der Waals surface area (Å²) in [5.74, 6) is -2.94. The number of epoxide rings is 1. The molecular weight excluding hydrogens is 465 g/mol. The van der Waals surface area contributed by atoms with Crippen molar-refractivity contribution in [2.24, 2.45) is 5.92 Å². The van der Waals surface area contributed by atoms with E-state index in [1.54, 1.807) is 36.4 Å². The lowest BCUT2D eigenvalue weighted by molar-refractivity contribution is -0.140. The highest BCUT2D eigenvalue weighted by molar-refractivity contribution is 5.75. The number of hydrogen-bond acceptors (Lipinski definition) is 3. The summed E-state index contributed by atoms with van der Waals surface area (Å²) in [7, 11) is 0. The van der Waals surface area contributed by atoms with Crippen LogP contribution in [0.25, 0.3) is 17.2 Å². The molecule has 6 heteroatoms. The van der Waals surface area contributed by atoms with Crippen molar-refractivity contribution in [3.05, 3.63) is 94.8 Å². The molecule has 2 fully saturated rings. The highest BCUT2D eigenvalue weighted by atomic mass is 19.2. The average Bonchev–Trinajstić information content (AvgIpc) is 3.72. The Kier molecular flexibility index (Phi) is 6.97. The predicted molar refractivity (Wildman–Crippen MR) is 132 cm³/mol. The smallest absolute Gasteiger partial charge is 0.314 e. The third-order valence-corrected chi connectivity index (χ3v) is 7.06. The first kappa shape index (κ1) is 24.3. The summed E-state index contributed by atoms with van der Waals surface area (Å²) in [4.78, 5) is 12.6. The van der Waals surface area contributed by atoms with Crippen molar-refractivity contribution in [2.45, 2.75) is 44.6 Å². The fourth-order valence-electron chi connectivity index (χ4n) is 4.97. The number of carbonyl (C=O) groups excluding carboxylic acids is 1. The molecule has 1 unspecified atom stereocenters. The summed E-state index contributed by atoms with van der Waals surface area (Å²) in [6, 6.07) is 14.9. The van der Waals surface area contributed by atoms with Crippen LogP contribution in [0.4, 0.5) is 13.2 Å². The van der Waals surface area contributed by atoms with E-state index in [1.165, 1.54) is 6.07 Å². The van der Waals surface area contributed by atoms with Crippen LogP contribution in [0.2, 0.25) is 0 Å². The van der Waals surface area contributed by atoms with Crippen LogP contribution in [0, 0.1) is 23.4 Å². The van der Waals surface area contributed by atoms with E-state index in [-0.39, 0.29) is 29.3 Å². The average molecular weight is 493 g/mol. The number of esters is 1. The molecule has 1 aliphatic heterocycles. The lowest BCUT2D eigenvalue weighted by Gasteiger charge is -2.28. The highest BCUT2D eigenvalue weighted by Gasteiger charge is 2.32. The van der Waals surface area contributed by atoms with Gasteiger partial charge < -0.3 is 9.47 Å². The van der Waals surface area contributed by atoms with E-state index in [9.17, 15) is 9.18 Å². The van der Waals surface area contributed by atoms with Gasteiger partial charge in [-0.1, -0.05) is 48.6 Å². The zero-order chi connectivity index (χ0) is 25.2. The Morgan fingerprint density at radius 1 is 0.917 bits per heavy atom. The normalized spacial score (nSPS) is 21.5. The van der Waals surface area contributed by atoms with E-state index in [4.69, 9.17) is 9.47 Å². The van der Waals surface area contributed by atoms with Gasteiger partial charge in [0.25, 0.3) is 0 Å². The van der Waals surface area contributed by atoms with E-state index >= 15 is 8.78 Å². The molecule has 0 N–H and O–H groups in total. The largest absolute Gasteiger partial charge is 0.426 e. The first-order chi connectivity index (χ1) is 17.4. The molecule has 0 bridgehead atoms. The Hall–Kier alpha value is -3.38. The van der Waals surface area contributed by atoms with Crippen LogP contribution in [0.3, 0.4) is 0 Å². The Balaban J connectivity index is 1.22. The third kappa shape index (κ3) is 5.09. The fourth-order valence-corrected chi connectivity index (χ4v) is 4.97. The van der Waals surface area contributed by atoms with Gasteiger partial charge in [-0.15, -0.1) is 0 Å². The van der Waals surface area contributed by atoms with Gasteiger partial charge >= 0.3 is 5.97 Å². The minimum Gasteiger partial charge on any atom is -0.426 e.